The Labute approximate surface area is 129 Å². The van der Waals surface area contributed by atoms with Crippen LogP contribution in [0.15, 0.2) is 42.7 Å². The molecule has 0 unspecified atom stereocenters. The van der Waals surface area contributed by atoms with Gasteiger partial charge in [-0.15, -0.1) is 0 Å². The molecule has 2 atom stereocenters. The average Bonchev–Trinajstić information content (AvgIpc) is 3.16. The van der Waals surface area contributed by atoms with Crippen LogP contribution in [0.5, 0.6) is 0 Å². The first-order valence-electron chi connectivity index (χ1n) is 7.39. The molecular weight excluding hydrogens is 280 g/mol. The van der Waals surface area contributed by atoms with E-state index in [0.717, 1.165) is 11.3 Å². The number of likely N-dealkylation sites (N-methyl/N-ethyl adjacent to an activating group) is 1. The smallest absolute Gasteiger partial charge is 0.239 e. The third-order valence-corrected chi connectivity index (χ3v) is 3.86. The molecule has 2 N–H and O–H groups in total. The monoisotopic (exact) mass is 300 g/mol. The number of aromatic nitrogens is 2. The summed E-state index contributed by atoms with van der Waals surface area (Å²) in [6, 6.07) is 9.56. The highest BCUT2D eigenvalue weighted by Gasteiger charge is 2.30. The van der Waals surface area contributed by atoms with Crippen molar-refractivity contribution in [1.82, 2.24) is 20.0 Å². The molecule has 1 aliphatic rings. The molecule has 1 saturated heterocycles. The Kier molecular flexibility index (Phi) is 4.22. The van der Waals surface area contributed by atoms with Crippen LogP contribution < -0.4 is 5.32 Å². The van der Waals surface area contributed by atoms with Gasteiger partial charge in [-0.2, -0.15) is 5.10 Å². The Morgan fingerprint density at radius 1 is 1.45 bits per heavy atom. The minimum Gasteiger partial charge on any atom is -0.392 e. The highest BCUT2D eigenvalue weighted by Crippen LogP contribution is 2.12. The Hall–Kier alpha value is -2.18. The SMILES string of the molecule is CN(Cc1cnn(-c2ccccc2)c1)C(=O)[C@@H]1C[C@@H](O)CN1. The molecule has 2 heterocycles. The van der Waals surface area contributed by atoms with Gasteiger partial charge in [0.15, 0.2) is 0 Å². The predicted molar refractivity (Wildman–Crippen MR) is 82.5 cm³/mol. The minimum atomic E-state index is -0.428. The number of aliphatic hydroxyl groups excluding tert-OH is 1. The lowest BCUT2D eigenvalue weighted by Gasteiger charge is -2.20. The zero-order chi connectivity index (χ0) is 15.5. The second kappa shape index (κ2) is 6.29. The Morgan fingerprint density at radius 2 is 2.23 bits per heavy atom. The number of para-hydroxylation sites is 1. The van der Waals surface area contributed by atoms with Crippen molar-refractivity contribution in [3.8, 4) is 5.69 Å². The van der Waals surface area contributed by atoms with Crippen LogP contribution in [0, 0.1) is 0 Å². The van der Waals surface area contributed by atoms with Crippen LogP contribution in [0.2, 0.25) is 0 Å². The number of benzene rings is 1. The van der Waals surface area contributed by atoms with Crippen LogP contribution in [0.4, 0.5) is 0 Å². The average molecular weight is 300 g/mol. The van der Waals surface area contributed by atoms with Crippen molar-refractivity contribution in [3.63, 3.8) is 0 Å². The molecule has 22 heavy (non-hydrogen) atoms. The Balaban J connectivity index is 1.64. The van der Waals surface area contributed by atoms with Crippen molar-refractivity contribution >= 4 is 5.91 Å². The molecule has 1 aliphatic heterocycles. The first-order chi connectivity index (χ1) is 10.6. The molecule has 1 fully saturated rings. The highest BCUT2D eigenvalue weighted by atomic mass is 16.3. The molecule has 1 amide bonds. The van der Waals surface area contributed by atoms with E-state index in [2.05, 4.69) is 10.4 Å². The van der Waals surface area contributed by atoms with Crippen molar-refractivity contribution in [2.24, 2.45) is 0 Å². The van der Waals surface area contributed by atoms with Gasteiger partial charge in [0.25, 0.3) is 0 Å². The van der Waals surface area contributed by atoms with Crippen molar-refractivity contribution < 1.29 is 9.90 Å². The van der Waals surface area contributed by atoms with E-state index in [9.17, 15) is 9.90 Å². The fraction of sp³-hybridized carbons (Fsp3) is 0.375. The summed E-state index contributed by atoms with van der Waals surface area (Å²) < 4.78 is 1.80. The van der Waals surface area contributed by atoms with Crippen LogP contribution in [0.25, 0.3) is 5.69 Å². The largest absolute Gasteiger partial charge is 0.392 e. The molecule has 6 nitrogen and oxygen atoms in total. The predicted octanol–water partition coefficient (Wildman–Crippen LogP) is 0.553. The molecule has 3 rings (SSSR count). The van der Waals surface area contributed by atoms with Crippen molar-refractivity contribution in [2.45, 2.75) is 25.1 Å². The van der Waals surface area contributed by atoms with Crippen LogP contribution >= 0.6 is 0 Å². The van der Waals surface area contributed by atoms with Crippen molar-refractivity contribution in [3.05, 3.63) is 48.3 Å². The molecule has 0 saturated carbocycles. The van der Waals surface area contributed by atoms with Crippen LogP contribution in [0.1, 0.15) is 12.0 Å². The van der Waals surface area contributed by atoms with Crippen LogP contribution in [0.3, 0.4) is 0 Å². The van der Waals surface area contributed by atoms with Gasteiger partial charge in [-0.3, -0.25) is 4.79 Å². The Bertz CT molecular complexity index is 641. The zero-order valence-corrected chi connectivity index (χ0v) is 12.5. The number of carbonyl (C=O) groups excluding carboxylic acids is 1. The second-order valence-corrected chi connectivity index (χ2v) is 5.67. The standard InChI is InChI=1S/C16H20N4O2/c1-19(16(22)15-7-14(21)9-17-15)10-12-8-18-20(11-12)13-5-3-2-4-6-13/h2-6,8,11,14-15,17,21H,7,9-10H2,1H3/t14-,15+/m1/s1. The van der Waals surface area contributed by atoms with Gasteiger partial charge in [0.1, 0.15) is 0 Å². The number of nitrogens with one attached hydrogen (secondary N) is 1. The third kappa shape index (κ3) is 3.18. The van der Waals surface area contributed by atoms with Gasteiger partial charge in [0.2, 0.25) is 5.91 Å². The van der Waals surface area contributed by atoms with Gasteiger partial charge in [-0.05, 0) is 18.6 Å². The molecular formula is C16H20N4O2. The highest BCUT2D eigenvalue weighted by molar-refractivity contribution is 5.82. The number of aliphatic hydroxyl groups is 1. The maximum absolute atomic E-state index is 12.3. The molecule has 116 valence electrons. The van der Waals surface area contributed by atoms with E-state index in [4.69, 9.17) is 0 Å². The molecule has 0 radical (unpaired) electrons. The van der Waals surface area contributed by atoms with Crippen LogP contribution in [-0.2, 0) is 11.3 Å². The van der Waals surface area contributed by atoms with E-state index >= 15 is 0 Å². The summed E-state index contributed by atoms with van der Waals surface area (Å²) in [6.07, 6.45) is 3.75. The Morgan fingerprint density at radius 3 is 2.91 bits per heavy atom. The number of β-amino-alcohol motifs (C(OH)–C–C–N with tert-alkyl or cyclic N) is 1. The lowest BCUT2D eigenvalue weighted by Crippen LogP contribution is -2.41. The van der Waals surface area contributed by atoms with Gasteiger partial charge in [-0.1, -0.05) is 18.2 Å². The number of nitrogens with zero attached hydrogens (tertiary/aromatic N) is 3. The van der Waals surface area contributed by atoms with Gasteiger partial charge in [0, 0.05) is 31.9 Å². The summed E-state index contributed by atoms with van der Waals surface area (Å²) in [6.45, 7) is 0.982. The summed E-state index contributed by atoms with van der Waals surface area (Å²) in [5.41, 5.74) is 1.96. The van der Waals surface area contributed by atoms with E-state index in [1.807, 2.05) is 36.5 Å². The van der Waals surface area contributed by atoms with Gasteiger partial charge < -0.3 is 15.3 Å². The molecule has 2 aromatic rings. The lowest BCUT2D eigenvalue weighted by molar-refractivity contribution is -0.132. The topological polar surface area (TPSA) is 70.4 Å². The molecule has 1 aromatic heterocycles. The van der Waals surface area contributed by atoms with E-state index in [0.29, 0.717) is 19.5 Å². The normalized spacial score (nSPS) is 21.0. The maximum atomic E-state index is 12.3. The first-order valence-corrected chi connectivity index (χ1v) is 7.39. The molecule has 1 aromatic carbocycles. The molecule has 0 aliphatic carbocycles. The summed E-state index contributed by atoms with van der Waals surface area (Å²) in [5, 5.41) is 16.9. The lowest BCUT2D eigenvalue weighted by atomic mass is 10.2. The first kappa shape index (κ1) is 14.7. The fourth-order valence-corrected chi connectivity index (χ4v) is 2.69. The van der Waals surface area contributed by atoms with Gasteiger partial charge >= 0.3 is 0 Å². The number of hydrogen-bond acceptors (Lipinski definition) is 4. The number of rotatable bonds is 4. The summed E-state index contributed by atoms with van der Waals surface area (Å²) in [5.74, 6) is 0.00371. The third-order valence-electron chi connectivity index (χ3n) is 3.86. The summed E-state index contributed by atoms with van der Waals surface area (Å²) in [4.78, 5) is 14.0. The number of amides is 1. The van der Waals surface area contributed by atoms with Gasteiger partial charge in [-0.25, -0.2) is 4.68 Å². The van der Waals surface area contributed by atoms with E-state index in [-0.39, 0.29) is 11.9 Å². The van der Waals surface area contributed by atoms with Crippen molar-refractivity contribution in [1.29, 1.82) is 0 Å². The van der Waals surface area contributed by atoms with E-state index in [1.165, 1.54) is 0 Å². The minimum absolute atomic E-state index is 0.00371. The fourth-order valence-electron chi connectivity index (χ4n) is 2.69. The molecule has 6 heteroatoms. The second-order valence-electron chi connectivity index (χ2n) is 5.67. The summed E-state index contributed by atoms with van der Waals surface area (Å²) in [7, 11) is 1.77. The molecule has 0 spiro atoms. The van der Waals surface area contributed by atoms with Crippen molar-refractivity contribution in [2.75, 3.05) is 13.6 Å². The summed E-state index contributed by atoms with van der Waals surface area (Å²) >= 11 is 0. The number of carbonyl (C=O) groups is 1. The zero-order valence-electron chi connectivity index (χ0n) is 12.5. The van der Waals surface area contributed by atoms with Crippen LogP contribution in [-0.4, -0.2) is 51.4 Å². The van der Waals surface area contributed by atoms with E-state index < -0.39 is 6.10 Å². The van der Waals surface area contributed by atoms with Gasteiger partial charge in [0.05, 0.1) is 24.0 Å². The number of hydrogen-bond donors (Lipinski definition) is 2. The maximum Gasteiger partial charge on any atom is 0.239 e. The molecule has 0 bridgehead atoms. The quantitative estimate of drug-likeness (QED) is 0.865. The van der Waals surface area contributed by atoms with E-state index in [1.54, 1.807) is 22.8 Å².